The van der Waals surface area contributed by atoms with Gasteiger partial charge >= 0.3 is 0 Å². The molecule has 0 aliphatic rings. The van der Waals surface area contributed by atoms with Crippen molar-refractivity contribution in [2.24, 2.45) is 0 Å². The lowest BCUT2D eigenvalue weighted by Crippen LogP contribution is -2.13. The third-order valence-electron chi connectivity index (χ3n) is 3.40. The van der Waals surface area contributed by atoms with Crippen LogP contribution in [0.5, 0.6) is 5.75 Å². The smallest absolute Gasteiger partial charge is 0.225 e. The van der Waals surface area contributed by atoms with E-state index in [0.717, 1.165) is 5.75 Å². The van der Waals surface area contributed by atoms with Crippen molar-refractivity contribution < 1.29 is 9.53 Å². The molecule has 0 aliphatic carbocycles. The number of hydrogen-bond acceptors (Lipinski definition) is 3. The van der Waals surface area contributed by atoms with Gasteiger partial charge in [0, 0.05) is 22.4 Å². The number of methoxy groups -OCH3 is 1. The zero-order valence-electron chi connectivity index (χ0n) is 13.2. The largest absolute Gasteiger partial charge is 0.495 e. The van der Waals surface area contributed by atoms with E-state index in [9.17, 15) is 4.79 Å². The number of thioether (sulfide) groups is 1. The summed E-state index contributed by atoms with van der Waals surface area (Å²) < 4.78 is 5.22. The Labute approximate surface area is 146 Å². The minimum absolute atomic E-state index is 0.0432. The SMILES string of the molecule is COc1ccc(Cl)cc1NC(=O)CCS[C@H](C)c1ccccc1. The van der Waals surface area contributed by atoms with E-state index < -0.39 is 0 Å². The minimum atomic E-state index is -0.0432. The summed E-state index contributed by atoms with van der Waals surface area (Å²) in [5, 5.41) is 3.78. The van der Waals surface area contributed by atoms with Gasteiger partial charge in [-0.25, -0.2) is 0 Å². The van der Waals surface area contributed by atoms with Gasteiger partial charge in [0.15, 0.2) is 0 Å². The first-order valence-corrected chi connectivity index (χ1v) is 8.82. The fourth-order valence-corrected chi connectivity index (χ4v) is 3.32. The zero-order valence-corrected chi connectivity index (χ0v) is 14.8. The third-order valence-corrected chi connectivity index (χ3v) is 4.85. The zero-order chi connectivity index (χ0) is 16.7. The fourth-order valence-electron chi connectivity index (χ4n) is 2.14. The van der Waals surface area contributed by atoms with Crippen molar-refractivity contribution in [3.05, 3.63) is 59.1 Å². The van der Waals surface area contributed by atoms with Crippen molar-refractivity contribution in [3.63, 3.8) is 0 Å². The molecule has 1 amide bonds. The summed E-state index contributed by atoms with van der Waals surface area (Å²) in [6.07, 6.45) is 0.442. The number of ether oxygens (including phenoxy) is 1. The number of benzene rings is 2. The summed E-state index contributed by atoms with van der Waals surface area (Å²) in [6, 6.07) is 15.4. The Morgan fingerprint density at radius 3 is 2.70 bits per heavy atom. The molecule has 5 heteroatoms. The van der Waals surface area contributed by atoms with Crippen LogP contribution in [0.25, 0.3) is 0 Å². The molecule has 0 bridgehead atoms. The van der Waals surface area contributed by atoms with Crippen molar-refractivity contribution in [3.8, 4) is 5.75 Å². The Hall–Kier alpha value is -1.65. The molecule has 0 spiro atoms. The molecule has 2 aromatic carbocycles. The summed E-state index contributed by atoms with van der Waals surface area (Å²) >= 11 is 7.72. The maximum Gasteiger partial charge on any atom is 0.225 e. The number of anilines is 1. The van der Waals surface area contributed by atoms with E-state index >= 15 is 0 Å². The predicted molar refractivity (Wildman–Crippen MR) is 98.6 cm³/mol. The highest BCUT2D eigenvalue weighted by atomic mass is 35.5. The third kappa shape index (κ3) is 5.48. The minimum Gasteiger partial charge on any atom is -0.495 e. The fraction of sp³-hybridized carbons (Fsp3) is 0.278. The lowest BCUT2D eigenvalue weighted by atomic mass is 10.2. The molecular weight excluding hydrogens is 330 g/mol. The number of amides is 1. The molecule has 0 fully saturated rings. The van der Waals surface area contributed by atoms with E-state index in [2.05, 4.69) is 24.4 Å². The average molecular weight is 350 g/mol. The molecule has 2 rings (SSSR count). The van der Waals surface area contributed by atoms with Crippen LogP contribution in [-0.2, 0) is 4.79 Å². The normalized spacial score (nSPS) is 11.8. The van der Waals surface area contributed by atoms with E-state index in [4.69, 9.17) is 16.3 Å². The van der Waals surface area contributed by atoms with Gasteiger partial charge in [-0.1, -0.05) is 41.9 Å². The molecule has 122 valence electrons. The Balaban J connectivity index is 1.83. The van der Waals surface area contributed by atoms with Crippen molar-refractivity contribution in [2.45, 2.75) is 18.6 Å². The van der Waals surface area contributed by atoms with Crippen LogP contribution in [0, 0.1) is 0 Å². The first kappa shape index (κ1) is 17.7. The molecule has 0 saturated carbocycles. The van der Waals surface area contributed by atoms with Gasteiger partial charge in [0.1, 0.15) is 5.75 Å². The second-order valence-corrected chi connectivity index (χ2v) is 6.95. The summed E-state index contributed by atoms with van der Waals surface area (Å²) in [7, 11) is 1.57. The number of halogens is 1. The molecular formula is C18H20ClNO2S. The van der Waals surface area contributed by atoms with Gasteiger partial charge in [0.05, 0.1) is 12.8 Å². The maximum absolute atomic E-state index is 12.1. The number of hydrogen-bond donors (Lipinski definition) is 1. The number of carbonyl (C=O) groups excluding carboxylic acids is 1. The molecule has 1 N–H and O–H groups in total. The lowest BCUT2D eigenvalue weighted by molar-refractivity contribution is -0.115. The molecule has 0 heterocycles. The van der Waals surface area contributed by atoms with E-state index in [1.807, 2.05) is 18.2 Å². The van der Waals surface area contributed by atoms with Crippen molar-refractivity contribution in [1.29, 1.82) is 0 Å². The predicted octanol–water partition coefficient (Wildman–Crippen LogP) is 5.17. The first-order chi connectivity index (χ1) is 11.1. The molecule has 0 aliphatic heterocycles. The van der Waals surface area contributed by atoms with Gasteiger partial charge in [-0.3, -0.25) is 4.79 Å². The quantitative estimate of drug-likeness (QED) is 0.749. The second-order valence-electron chi connectivity index (χ2n) is 5.07. The summed E-state index contributed by atoms with van der Waals surface area (Å²) in [4.78, 5) is 12.1. The summed E-state index contributed by atoms with van der Waals surface area (Å²) in [6.45, 7) is 2.15. The molecule has 23 heavy (non-hydrogen) atoms. The van der Waals surface area contributed by atoms with E-state index in [0.29, 0.717) is 28.1 Å². The summed E-state index contributed by atoms with van der Waals surface area (Å²) in [5.74, 6) is 1.32. The summed E-state index contributed by atoms with van der Waals surface area (Å²) in [5.41, 5.74) is 1.88. The molecule has 0 radical (unpaired) electrons. The van der Waals surface area contributed by atoms with Gasteiger partial charge in [-0.15, -0.1) is 0 Å². The molecule has 0 unspecified atom stereocenters. The van der Waals surface area contributed by atoms with Gasteiger partial charge in [-0.05, 0) is 30.7 Å². The highest BCUT2D eigenvalue weighted by Gasteiger charge is 2.10. The Kier molecular flexibility index (Phi) is 6.81. The molecule has 3 nitrogen and oxygen atoms in total. The van der Waals surface area contributed by atoms with Gasteiger partial charge in [0.25, 0.3) is 0 Å². The van der Waals surface area contributed by atoms with E-state index in [-0.39, 0.29) is 5.91 Å². The van der Waals surface area contributed by atoms with Crippen LogP contribution in [0.4, 0.5) is 5.69 Å². The van der Waals surface area contributed by atoms with Gasteiger partial charge in [0.2, 0.25) is 5.91 Å². The van der Waals surface area contributed by atoms with Gasteiger partial charge < -0.3 is 10.1 Å². The van der Waals surface area contributed by atoms with Crippen molar-refractivity contribution in [2.75, 3.05) is 18.2 Å². The number of nitrogens with one attached hydrogen (secondary N) is 1. The Bertz CT molecular complexity index is 649. The molecule has 0 saturated heterocycles. The average Bonchev–Trinajstić information content (AvgIpc) is 2.56. The van der Waals surface area contributed by atoms with Gasteiger partial charge in [-0.2, -0.15) is 11.8 Å². The van der Waals surface area contributed by atoms with E-state index in [1.165, 1.54) is 5.56 Å². The van der Waals surface area contributed by atoms with Crippen LogP contribution in [0.1, 0.15) is 24.2 Å². The topological polar surface area (TPSA) is 38.3 Å². The molecule has 0 aromatic heterocycles. The van der Waals surface area contributed by atoms with Crippen LogP contribution < -0.4 is 10.1 Å². The second kappa shape index (κ2) is 8.85. The van der Waals surface area contributed by atoms with Crippen molar-refractivity contribution in [1.82, 2.24) is 0 Å². The highest BCUT2D eigenvalue weighted by molar-refractivity contribution is 7.99. The highest BCUT2D eigenvalue weighted by Crippen LogP contribution is 2.30. The van der Waals surface area contributed by atoms with Crippen LogP contribution in [-0.4, -0.2) is 18.8 Å². The lowest BCUT2D eigenvalue weighted by Gasteiger charge is -2.12. The Morgan fingerprint density at radius 2 is 2.00 bits per heavy atom. The molecule has 2 aromatic rings. The number of rotatable bonds is 7. The Morgan fingerprint density at radius 1 is 1.26 bits per heavy atom. The van der Waals surface area contributed by atoms with Crippen LogP contribution in [0.3, 0.4) is 0 Å². The van der Waals surface area contributed by atoms with E-state index in [1.54, 1.807) is 37.1 Å². The van der Waals surface area contributed by atoms with Crippen LogP contribution in [0.15, 0.2) is 48.5 Å². The van der Waals surface area contributed by atoms with Crippen LogP contribution >= 0.6 is 23.4 Å². The molecule has 1 atom stereocenters. The first-order valence-electron chi connectivity index (χ1n) is 7.40. The van der Waals surface area contributed by atoms with Crippen molar-refractivity contribution >= 4 is 35.0 Å². The standard InChI is InChI=1S/C18H20ClNO2S/c1-13(14-6-4-3-5-7-14)23-11-10-18(21)20-16-12-15(19)8-9-17(16)22-2/h3-9,12-13H,10-11H2,1-2H3,(H,20,21)/t13-/m1/s1. The van der Waals surface area contributed by atoms with Crippen LogP contribution in [0.2, 0.25) is 5.02 Å². The monoisotopic (exact) mass is 349 g/mol. The number of carbonyl (C=O) groups is 1. The maximum atomic E-state index is 12.1.